The van der Waals surface area contributed by atoms with Crippen molar-refractivity contribution in [3.05, 3.63) is 107 Å². The van der Waals surface area contributed by atoms with Crippen LogP contribution in [-0.2, 0) is 11.8 Å². The largest absolute Gasteiger partial charge is 0.319 e. The second kappa shape index (κ2) is 11.5. The Labute approximate surface area is 230 Å². The van der Waals surface area contributed by atoms with E-state index in [0.717, 1.165) is 16.8 Å². The molecule has 1 N–H and O–H groups in total. The molecule has 0 bridgehead atoms. The molecule has 0 fully saturated rings. The van der Waals surface area contributed by atoms with Crippen LogP contribution in [0, 0.1) is 6.92 Å². The summed E-state index contributed by atoms with van der Waals surface area (Å²) < 4.78 is 3.28. The van der Waals surface area contributed by atoms with Crippen LogP contribution >= 0.6 is 11.8 Å². The molecule has 0 aliphatic rings. The molecule has 8 nitrogen and oxygen atoms in total. The van der Waals surface area contributed by atoms with Crippen molar-refractivity contribution in [2.75, 3.05) is 5.32 Å². The van der Waals surface area contributed by atoms with E-state index in [9.17, 15) is 9.59 Å². The van der Waals surface area contributed by atoms with E-state index in [2.05, 4.69) is 15.5 Å². The van der Waals surface area contributed by atoms with Gasteiger partial charge in [0.1, 0.15) is 17.1 Å². The van der Waals surface area contributed by atoms with Gasteiger partial charge >= 0.3 is 0 Å². The molecule has 0 saturated heterocycles. The summed E-state index contributed by atoms with van der Waals surface area (Å²) in [5, 5.41) is 11.6. The van der Waals surface area contributed by atoms with Gasteiger partial charge in [-0.3, -0.25) is 14.3 Å². The number of benzene rings is 3. The summed E-state index contributed by atoms with van der Waals surface area (Å²) in [6, 6.07) is 28.9. The lowest BCUT2D eigenvalue weighted by Crippen LogP contribution is -2.28. The Bertz CT molecular complexity index is 1650. The van der Waals surface area contributed by atoms with Gasteiger partial charge in [0, 0.05) is 18.2 Å². The molecule has 9 heteroatoms. The molecular formula is C30H28N6O2S. The van der Waals surface area contributed by atoms with E-state index in [4.69, 9.17) is 4.98 Å². The molecule has 3 aromatic carbocycles. The van der Waals surface area contributed by atoms with Crippen LogP contribution in [0.1, 0.15) is 19.0 Å². The van der Waals surface area contributed by atoms with Gasteiger partial charge in [-0.05, 0) is 25.5 Å². The molecule has 0 radical (unpaired) electrons. The average Bonchev–Trinajstić information content (AvgIpc) is 3.19. The molecule has 39 heavy (non-hydrogen) atoms. The van der Waals surface area contributed by atoms with Crippen molar-refractivity contribution in [2.24, 2.45) is 7.05 Å². The fourth-order valence-corrected chi connectivity index (χ4v) is 5.13. The Morgan fingerprint density at radius 1 is 0.872 bits per heavy atom. The van der Waals surface area contributed by atoms with Crippen LogP contribution in [-0.4, -0.2) is 35.7 Å². The number of para-hydroxylation sites is 1. The number of aromatic nitrogens is 5. The van der Waals surface area contributed by atoms with E-state index in [1.54, 1.807) is 16.4 Å². The first-order valence-corrected chi connectivity index (χ1v) is 13.5. The van der Waals surface area contributed by atoms with Crippen LogP contribution in [0.15, 0.2) is 101 Å². The van der Waals surface area contributed by atoms with Crippen LogP contribution in [0.3, 0.4) is 0 Å². The summed E-state index contributed by atoms with van der Waals surface area (Å²) in [5.74, 6) is -0.287. The average molecular weight is 537 g/mol. The monoisotopic (exact) mass is 536 g/mol. The van der Waals surface area contributed by atoms with E-state index < -0.39 is 5.25 Å². The Morgan fingerprint density at radius 3 is 2.03 bits per heavy atom. The van der Waals surface area contributed by atoms with Crippen LogP contribution in [0.25, 0.3) is 28.2 Å². The van der Waals surface area contributed by atoms with Crippen LogP contribution < -0.4 is 10.9 Å². The van der Waals surface area contributed by atoms with Gasteiger partial charge in [-0.1, -0.05) is 97.5 Å². The van der Waals surface area contributed by atoms with Crippen LogP contribution in [0.4, 0.5) is 5.69 Å². The summed E-state index contributed by atoms with van der Waals surface area (Å²) >= 11 is 1.24. The number of thioether (sulfide) groups is 1. The van der Waals surface area contributed by atoms with Crippen molar-refractivity contribution in [1.29, 1.82) is 0 Å². The number of rotatable bonds is 8. The van der Waals surface area contributed by atoms with Crippen molar-refractivity contribution in [2.45, 2.75) is 30.7 Å². The Balaban J connectivity index is 1.43. The van der Waals surface area contributed by atoms with Crippen molar-refractivity contribution >= 4 is 23.4 Å². The highest BCUT2D eigenvalue weighted by Gasteiger charge is 2.25. The second-order valence-corrected chi connectivity index (χ2v) is 10.1. The van der Waals surface area contributed by atoms with E-state index in [-0.39, 0.29) is 17.2 Å². The minimum absolute atomic E-state index is 0.258. The lowest BCUT2D eigenvalue weighted by molar-refractivity contribution is -0.115. The predicted molar refractivity (Wildman–Crippen MR) is 155 cm³/mol. The molecule has 0 aliphatic heterocycles. The summed E-state index contributed by atoms with van der Waals surface area (Å²) in [5.41, 5.74) is 4.54. The lowest BCUT2D eigenvalue weighted by Gasteiger charge is -2.14. The standard InChI is InChI=1S/C30H28N6O2S/c1-4-24(28(37)31-25-20(2)35(3)36(29(25)38)23-18-12-7-13-19-23)39-30-32-26(21-14-8-5-9-15-21)27(33-34-30)22-16-10-6-11-17-22/h5-19,24H,4H2,1-3H3,(H,31,37). The summed E-state index contributed by atoms with van der Waals surface area (Å²) in [6.45, 7) is 3.73. The van der Waals surface area contributed by atoms with E-state index in [0.29, 0.717) is 28.7 Å². The molecule has 0 aliphatic carbocycles. The molecule has 0 spiro atoms. The highest BCUT2D eigenvalue weighted by molar-refractivity contribution is 8.00. The molecular weight excluding hydrogens is 508 g/mol. The van der Waals surface area contributed by atoms with Gasteiger partial charge in [0.15, 0.2) is 0 Å². The zero-order valence-electron chi connectivity index (χ0n) is 21.9. The second-order valence-electron chi connectivity index (χ2n) is 8.96. The van der Waals surface area contributed by atoms with Crippen molar-refractivity contribution < 1.29 is 4.79 Å². The third-order valence-corrected chi connectivity index (χ3v) is 7.69. The van der Waals surface area contributed by atoms with Gasteiger partial charge in [0.05, 0.1) is 16.6 Å². The quantitative estimate of drug-likeness (QED) is 0.263. The molecule has 1 unspecified atom stereocenters. The fraction of sp³-hybridized carbons (Fsp3) is 0.167. The van der Waals surface area contributed by atoms with Gasteiger partial charge < -0.3 is 5.32 Å². The number of carbonyl (C=O) groups excluding carboxylic acids is 1. The van der Waals surface area contributed by atoms with Gasteiger partial charge in [-0.15, -0.1) is 10.2 Å². The molecule has 0 saturated carbocycles. The Morgan fingerprint density at radius 2 is 1.44 bits per heavy atom. The smallest absolute Gasteiger partial charge is 0.295 e. The minimum atomic E-state index is -0.526. The zero-order chi connectivity index (χ0) is 27.4. The number of nitrogens with zero attached hydrogens (tertiary/aromatic N) is 5. The third kappa shape index (κ3) is 5.39. The van der Waals surface area contributed by atoms with Crippen LogP contribution in [0.2, 0.25) is 0 Å². The highest BCUT2D eigenvalue weighted by atomic mass is 32.2. The zero-order valence-corrected chi connectivity index (χ0v) is 22.7. The maximum absolute atomic E-state index is 13.4. The Kier molecular flexibility index (Phi) is 7.69. The maximum Gasteiger partial charge on any atom is 0.295 e. The molecule has 2 aromatic heterocycles. The third-order valence-electron chi connectivity index (χ3n) is 6.48. The number of anilines is 1. The van der Waals surface area contributed by atoms with Gasteiger partial charge in [0.25, 0.3) is 5.56 Å². The Hall–Kier alpha value is -4.50. The van der Waals surface area contributed by atoms with Crippen molar-refractivity contribution in [3.63, 3.8) is 0 Å². The molecule has 1 amide bonds. The predicted octanol–water partition coefficient (Wildman–Crippen LogP) is 5.51. The van der Waals surface area contributed by atoms with Gasteiger partial charge in [0.2, 0.25) is 11.1 Å². The van der Waals surface area contributed by atoms with Gasteiger partial charge in [-0.25, -0.2) is 9.67 Å². The first kappa shape index (κ1) is 26.1. The molecule has 5 aromatic rings. The molecule has 5 rings (SSSR count). The SMILES string of the molecule is CCC(Sc1nnc(-c2ccccc2)c(-c2ccccc2)n1)C(=O)Nc1c(C)n(C)n(-c2ccccc2)c1=O. The molecule has 196 valence electrons. The number of carbonyl (C=O) groups is 1. The fourth-order valence-electron chi connectivity index (χ4n) is 4.31. The lowest BCUT2D eigenvalue weighted by atomic mass is 10.0. The molecule has 2 heterocycles. The molecule has 1 atom stereocenters. The van der Waals surface area contributed by atoms with Crippen molar-refractivity contribution in [1.82, 2.24) is 24.5 Å². The normalized spacial score (nSPS) is 11.8. The number of nitrogens with one attached hydrogen (secondary N) is 1. The van der Waals surface area contributed by atoms with Crippen LogP contribution in [0.5, 0.6) is 0 Å². The maximum atomic E-state index is 13.4. The summed E-state index contributed by atoms with van der Waals surface area (Å²) in [4.78, 5) is 31.5. The number of amides is 1. The van der Waals surface area contributed by atoms with E-state index >= 15 is 0 Å². The van der Waals surface area contributed by atoms with E-state index in [1.807, 2.05) is 105 Å². The topological polar surface area (TPSA) is 94.7 Å². The van der Waals surface area contributed by atoms with Crippen molar-refractivity contribution in [3.8, 4) is 28.2 Å². The van der Waals surface area contributed by atoms with Gasteiger partial charge in [-0.2, -0.15) is 0 Å². The minimum Gasteiger partial charge on any atom is -0.319 e. The summed E-state index contributed by atoms with van der Waals surface area (Å²) in [6.07, 6.45) is 0.514. The first-order valence-electron chi connectivity index (χ1n) is 12.6. The first-order chi connectivity index (χ1) is 19.0. The summed E-state index contributed by atoms with van der Waals surface area (Å²) in [7, 11) is 1.80. The number of hydrogen-bond acceptors (Lipinski definition) is 6. The highest BCUT2D eigenvalue weighted by Crippen LogP contribution is 2.31. The number of hydrogen-bond donors (Lipinski definition) is 1. The van der Waals surface area contributed by atoms with E-state index in [1.165, 1.54) is 11.8 Å².